The smallest absolute Gasteiger partial charge is 0.359 e. The normalized spacial score (nSPS) is 24.1. The second-order valence-electron chi connectivity index (χ2n) is 1.67. The average molecular weight is 159 g/mol. The fraction of sp³-hybridized carbons (Fsp3) is 0.200. The van der Waals surface area contributed by atoms with Gasteiger partial charge in [-0.25, -0.2) is 9.79 Å². The molecule has 0 aliphatic carbocycles. The molecule has 0 saturated carbocycles. The summed E-state index contributed by atoms with van der Waals surface area (Å²) < 4.78 is 10.7. The molecule has 1 N–H and O–H groups in total. The van der Waals surface area contributed by atoms with E-state index >= 15 is 0 Å². The van der Waals surface area contributed by atoms with Crippen LogP contribution >= 0.6 is 0 Å². The van der Waals surface area contributed by atoms with Crippen molar-refractivity contribution in [2.24, 2.45) is 4.99 Å². The lowest BCUT2D eigenvalue weighted by atomic mass is 10.5. The zero-order valence-corrected chi connectivity index (χ0v) is 5.80. The van der Waals surface area contributed by atoms with Crippen LogP contribution in [0.15, 0.2) is 16.1 Å². The summed E-state index contributed by atoms with van der Waals surface area (Å²) in [6.07, 6.45) is 1.35. The molecule has 0 amide bonds. The topological polar surface area (TPSA) is 72.7 Å². The third-order valence-corrected chi connectivity index (χ3v) is 1.90. The molecule has 0 aromatic carbocycles. The molecule has 0 spiro atoms. The maximum Gasteiger partial charge on any atom is 0.359 e. The van der Waals surface area contributed by atoms with Crippen molar-refractivity contribution in [3.63, 3.8) is 0 Å². The van der Waals surface area contributed by atoms with E-state index in [1.54, 1.807) is 0 Å². The van der Waals surface area contributed by atoms with Crippen molar-refractivity contribution in [2.45, 2.75) is 0 Å². The highest BCUT2D eigenvalue weighted by Gasteiger charge is 2.14. The third-order valence-electron chi connectivity index (χ3n) is 0.931. The van der Waals surface area contributed by atoms with Gasteiger partial charge in [0.25, 0.3) is 0 Å². The van der Waals surface area contributed by atoms with Gasteiger partial charge in [0.1, 0.15) is 5.75 Å². The molecule has 1 heterocycles. The Balaban J connectivity index is 2.76. The lowest BCUT2D eigenvalue weighted by Gasteiger charge is -2.05. The van der Waals surface area contributed by atoms with Crippen molar-refractivity contribution < 1.29 is 14.5 Å². The average Bonchev–Trinajstić information content (AvgIpc) is 1.88. The van der Waals surface area contributed by atoms with Crippen molar-refractivity contribution in [3.8, 4) is 0 Å². The number of nitrogens with zero attached hydrogens (tertiary/aromatic N) is 1. The molecule has 1 atom stereocenters. The van der Waals surface area contributed by atoms with E-state index in [0.717, 1.165) is 5.41 Å². The van der Waals surface area contributed by atoms with Gasteiger partial charge in [-0.05, 0) is 11.2 Å². The first kappa shape index (κ1) is 7.30. The van der Waals surface area contributed by atoms with Crippen LogP contribution in [0.25, 0.3) is 0 Å². The Bertz CT molecular complexity index is 211. The molecule has 4 nitrogen and oxygen atoms in total. The number of carbonyl (C=O) groups is 1. The Morgan fingerprint density at radius 3 is 3.00 bits per heavy atom. The maximum absolute atomic E-state index is 10.7. The summed E-state index contributed by atoms with van der Waals surface area (Å²) in [6.45, 7) is 0. The first-order valence-corrected chi connectivity index (χ1v) is 3.93. The SMILES string of the molecule is O=C(O)C1=C[S+]([O-])CC=N1. The van der Waals surface area contributed by atoms with Crippen LogP contribution in [0.1, 0.15) is 0 Å². The Morgan fingerprint density at radius 1 is 1.90 bits per heavy atom. The summed E-state index contributed by atoms with van der Waals surface area (Å²) in [6, 6.07) is 0. The van der Waals surface area contributed by atoms with E-state index in [1.807, 2.05) is 0 Å². The number of carboxylic acids is 1. The van der Waals surface area contributed by atoms with Crippen molar-refractivity contribution >= 4 is 23.4 Å². The lowest BCUT2D eigenvalue weighted by molar-refractivity contribution is -0.132. The highest BCUT2D eigenvalue weighted by atomic mass is 32.2. The molecule has 10 heavy (non-hydrogen) atoms. The Hall–Kier alpha value is -0.810. The summed E-state index contributed by atoms with van der Waals surface area (Å²) in [4.78, 5) is 13.7. The number of hydrogen-bond donors (Lipinski definition) is 1. The van der Waals surface area contributed by atoms with Crippen LogP contribution < -0.4 is 0 Å². The Kier molecular flexibility index (Phi) is 2.08. The van der Waals surface area contributed by atoms with Gasteiger partial charge in [-0.3, -0.25) is 0 Å². The molecule has 0 aromatic rings. The zero-order chi connectivity index (χ0) is 7.56. The minimum absolute atomic E-state index is 0.135. The first-order valence-electron chi connectivity index (χ1n) is 2.55. The van der Waals surface area contributed by atoms with Gasteiger partial charge in [-0.2, -0.15) is 0 Å². The van der Waals surface area contributed by atoms with E-state index in [-0.39, 0.29) is 5.70 Å². The van der Waals surface area contributed by atoms with Crippen LogP contribution in [0.4, 0.5) is 0 Å². The number of aliphatic carboxylic acids is 1. The number of aliphatic imine (C=N–C) groups is 1. The van der Waals surface area contributed by atoms with Gasteiger partial charge in [-0.15, -0.1) is 0 Å². The van der Waals surface area contributed by atoms with Crippen LogP contribution in [0.3, 0.4) is 0 Å². The predicted molar refractivity (Wildman–Crippen MR) is 37.2 cm³/mol. The van der Waals surface area contributed by atoms with Crippen LogP contribution in [-0.2, 0) is 16.0 Å². The minimum atomic E-state index is -1.18. The largest absolute Gasteiger partial charge is 0.612 e. The van der Waals surface area contributed by atoms with Crippen molar-refractivity contribution in [2.75, 3.05) is 5.75 Å². The number of carboxylic acid groups (broad SMARTS) is 1. The van der Waals surface area contributed by atoms with Crippen LogP contribution in [0, 0.1) is 0 Å². The summed E-state index contributed by atoms with van der Waals surface area (Å²) in [7, 11) is 0. The predicted octanol–water partition coefficient (Wildman–Crippen LogP) is -0.254. The third kappa shape index (κ3) is 1.58. The quantitative estimate of drug-likeness (QED) is 0.536. The van der Waals surface area contributed by atoms with Crippen LogP contribution in [-0.4, -0.2) is 27.6 Å². The van der Waals surface area contributed by atoms with Crippen molar-refractivity contribution in [1.82, 2.24) is 0 Å². The molecule has 1 rings (SSSR count). The van der Waals surface area contributed by atoms with Gasteiger partial charge < -0.3 is 9.66 Å². The lowest BCUT2D eigenvalue weighted by Crippen LogP contribution is -2.12. The minimum Gasteiger partial charge on any atom is -0.612 e. The van der Waals surface area contributed by atoms with Crippen LogP contribution in [0.5, 0.6) is 0 Å². The van der Waals surface area contributed by atoms with E-state index in [9.17, 15) is 9.35 Å². The van der Waals surface area contributed by atoms with Gasteiger partial charge in [0.05, 0.1) is 6.21 Å². The highest BCUT2D eigenvalue weighted by Crippen LogP contribution is 2.06. The van der Waals surface area contributed by atoms with Gasteiger partial charge in [0.2, 0.25) is 0 Å². The molecule has 5 heteroatoms. The number of rotatable bonds is 1. The molecule has 1 aliphatic rings. The van der Waals surface area contributed by atoms with Gasteiger partial charge in [0, 0.05) is 0 Å². The second kappa shape index (κ2) is 2.85. The van der Waals surface area contributed by atoms with Gasteiger partial charge >= 0.3 is 5.97 Å². The van der Waals surface area contributed by atoms with Gasteiger partial charge in [0.15, 0.2) is 11.1 Å². The van der Waals surface area contributed by atoms with Crippen molar-refractivity contribution in [3.05, 3.63) is 11.1 Å². The molecular formula is C5H5NO3S. The molecule has 0 saturated heterocycles. The molecule has 0 fully saturated rings. The van der Waals surface area contributed by atoms with Gasteiger partial charge in [-0.1, -0.05) is 0 Å². The maximum atomic E-state index is 10.7. The molecule has 0 bridgehead atoms. The summed E-state index contributed by atoms with van der Waals surface area (Å²) in [5.74, 6) is -0.819. The molecule has 0 aromatic heterocycles. The van der Waals surface area contributed by atoms with E-state index in [2.05, 4.69) is 4.99 Å². The van der Waals surface area contributed by atoms with Crippen LogP contribution in [0.2, 0.25) is 0 Å². The summed E-state index contributed by atoms with van der Waals surface area (Å²) in [5, 5.41) is 9.48. The van der Waals surface area contributed by atoms with E-state index < -0.39 is 17.1 Å². The highest BCUT2D eigenvalue weighted by molar-refractivity contribution is 7.94. The summed E-state index contributed by atoms with van der Waals surface area (Å²) in [5.41, 5.74) is -0.135. The number of hydrogen-bond acceptors (Lipinski definition) is 3. The first-order chi connectivity index (χ1) is 4.70. The fourth-order valence-corrected chi connectivity index (χ4v) is 1.25. The molecule has 1 unspecified atom stereocenters. The van der Waals surface area contributed by atoms with E-state index in [0.29, 0.717) is 5.75 Å². The standard InChI is InChI=1S/C5H5NO3S/c7-5(8)4-3-10(9)2-1-6-4/h1,3H,2H2,(H,7,8). The molecular weight excluding hydrogens is 154 g/mol. The Labute approximate surface area is 60.4 Å². The van der Waals surface area contributed by atoms with E-state index in [1.165, 1.54) is 6.21 Å². The summed E-state index contributed by atoms with van der Waals surface area (Å²) >= 11 is -1.18. The molecule has 1 aliphatic heterocycles. The Morgan fingerprint density at radius 2 is 2.60 bits per heavy atom. The van der Waals surface area contributed by atoms with E-state index in [4.69, 9.17) is 5.11 Å². The molecule has 0 radical (unpaired) electrons. The second-order valence-corrected chi connectivity index (χ2v) is 3.00. The zero-order valence-electron chi connectivity index (χ0n) is 4.98. The van der Waals surface area contributed by atoms with Crippen molar-refractivity contribution in [1.29, 1.82) is 0 Å². The fourth-order valence-electron chi connectivity index (χ4n) is 0.518. The molecule has 54 valence electrons. The monoisotopic (exact) mass is 159 g/mol.